The van der Waals surface area contributed by atoms with Crippen LogP contribution in [0, 0.1) is 5.92 Å². The van der Waals surface area contributed by atoms with Gasteiger partial charge in [-0.2, -0.15) is 0 Å². The van der Waals surface area contributed by atoms with Crippen LogP contribution in [0.15, 0.2) is 24.3 Å². The minimum absolute atomic E-state index is 0.0131. The fraction of sp³-hybridized carbons (Fsp3) is 0.467. The molecule has 0 fully saturated rings. The second-order valence-electron chi connectivity index (χ2n) is 5.00. The van der Waals surface area contributed by atoms with Crippen molar-refractivity contribution < 1.29 is 32.6 Å². The van der Waals surface area contributed by atoms with Gasteiger partial charge in [0.15, 0.2) is 0 Å². The molecule has 23 heavy (non-hydrogen) atoms. The summed E-state index contributed by atoms with van der Waals surface area (Å²) in [7, 11) is 0. The van der Waals surface area contributed by atoms with Gasteiger partial charge in [-0.05, 0) is 24.1 Å². The topological polar surface area (TPSA) is 75.6 Å². The van der Waals surface area contributed by atoms with Crippen LogP contribution < -0.4 is 10.1 Å². The van der Waals surface area contributed by atoms with Crippen molar-refractivity contribution in [3.8, 4) is 5.75 Å². The molecule has 0 spiro atoms. The average Bonchev–Trinajstić information content (AvgIpc) is 2.41. The molecular weight excluding hydrogens is 315 g/mol. The predicted octanol–water partition coefficient (Wildman–Crippen LogP) is 2.74. The highest BCUT2D eigenvalue weighted by molar-refractivity contribution is 5.79. The number of halogens is 3. The minimum Gasteiger partial charge on any atom is -0.481 e. The van der Waals surface area contributed by atoms with Crippen LogP contribution in [0.1, 0.15) is 25.3 Å². The fourth-order valence-electron chi connectivity index (χ4n) is 2.00. The molecule has 1 amide bonds. The summed E-state index contributed by atoms with van der Waals surface area (Å²) in [5.74, 6) is -2.54. The molecule has 128 valence electrons. The van der Waals surface area contributed by atoms with Gasteiger partial charge in [0.2, 0.25) is 5.91 Å². The van der Waals surface area contributed by atoms with Gasteiger partial charge in [-0.25, -0.2) is 0 Å². The van der Waals surface area contributed by atoms with Gasteiger partial charge in [0.25, 0.3) is 0 Å². The summed E-state index contributed by atoms with van der Waals surface area (Å²) < 4.78 is 40.2. The van der Waals surface area contributed by atoms with Crippen molar-refractivity contribution in [3.63, 3.8) is 0 Å². The summed E-state index contributed by atoms with van der Waals surface area (Å²) in [5, 5.41) is 11.5. The quantitative estimate of drug-likeness (QED) is 0.767. The first kappa shape index (κ1) is 18.8. The smallest absolute Gasteiger partial charge is 0.481 e. The Morgan fingerprint density at radius 3 is 2.61 bits per heavy atom. The fourth-order valence-corrected chi connectivity index (χ4v) is 2.00. The Kier molecular flexibility index (Phi) is 6.87. The van der Waals surface area contributed by atoms with Crippen LogP contribution >= 0.6 is 0 Å². The number of alkyl halides is 3. The lowest BCUT2D eigenvalue weighted by atomic mass is 10.0. The predicted molar refractivity (Wildman–Crippen MR) is 75.9 cm³/mol. The highest BCUT2D eigenvalue weighted by atomic mass is 19.4. The SMILES string of the molecule is CCCC(CNC(=O)Cc1cccc(OC(F)(F)F)c1)C(=O)O. The zero-order chi connectivity index (χ0) is 17.5. The molecule has 0 saturated carbocycles. The molecule has 1 aromatic rings. The van der Waals surface area contributed by atoms with Crippen LogP contribution in [0.4, 0.5) is 13.2 Å². The molecule has 0 heterocycles. The number of carbonyl (C=O) groups excluding carboxylic acids is 1. The molecule has 0 aliphatic carbocycles. The van der Waals surface area contributed by atoms with Gasteiger partial charge in [0, 0.05) is 6.54 Å². The van der Waals surface area contributed by atoms with Crippen LogP contribution in [0.25, 0.3) is 0 Å². The number of aliphatic carboxylic acids is 1. The second-order valence-corrected chi connectivity index (χ2v) is 5.00. The van der Waals surface area contributed by atoms with Crippen molar-refractivity contribution in [2.75, 3.05) is 6.54 Å². The maximum absolute atomic E-state index is 12.1. The first-order chi connectivity index (χ1) is 10.7. The molecule has 0 aliphatic heterocycles. The summed E-state index contributed by atoms with van der Waals surface area (Å²) in [4.78, 5) is 22.7. The van der Waals surface area contributed by atoms with Gasteiger partial charge >= 0.3 is 12.3 Å². The number of carboxylic acids is 1. The number of rotatable bonds is 8. The number of carboxylic acid groups (broad SMARTS) is 1. The number of hydrogen-bond donors (Lipinski definition) is 2. The van der Waals surface area contributed by atoms with Crippen LogP contribution in [0.5, 0.6) is 5.75 Å². The molecule has 5 nitrogen and oxygen atoms in total. The van der Waals surface area contributed by atoms with E-state index in [1.807, 2.05) is 6.92 Å². The Labute approximate surface area is 131 Å². The Hall–Kier alpha value is -2.25. The van der Waals surface area contributed by atoms with Crippen molar-refractivity contribution in [2.24, 2.45) is 5.92 Å². The number of nitrogens with one attached hydrogen (secondary N) is 1. The lowest BCUT2D eigenvalue weighted by Gasteiger charge is -2.13. The molecular formula is C15H18F3NO4. The van der Waals surface area contributed by atoms with Crippen LogP contribution in [0.3, 0.4) is 0 Å². The van der Waals surface area contributed by atoms with E-state index < -0.39 is 29.9 Å². The highest BCUT2D eigenvalue weighted by Gasteiger charge is 2.31. The molecule has 0 bridgehead atoms. The van der Waals surface area contributed by atoms with Gasteiger partial charge in [-0.3, -0.25) is 9.59 Å². The molecule has 1 unspecified atom stereocenters. The summed E-state index contributed by atoms with van der Waals surface area (Å²) in [6.07, 6.45) is -3.85. The molecule has 8 heteroatoms. The Bertz CT molecular complexity index is 546. The summed E-state index contributed by atoms with van der Waals surface area (Å²) in [5.41, 5.74) is 0.339. The molecule has 2 N–H and O–H groups in total. The number of hydrogen-bond acceptors (Lipinski definition) is 3. The van der Waals surface area contributed by atoms with Gasteiger partial charge in [-0.15, -0.1) is 13.2 Å². The lowest BCUT2D eigenvalue weighted by Crippen LogP contribution is -2.33. The number of ether oxygens (including phenoxy) is 1. The molecule has 0 aromatic heterocycles. The van der Waals surface area contributed by atoms with Gasteiger partial charge in [0.1, 0.15) is 5.75 Å². The lowest BCUT2D eigenvalue weighted by molar-refractivity contribution is -0.274. The monoisotopic (exact) mass is 333 g/mol. The van der Waals surface area contributed by atoms with Crippen molar-refractivity contribution in [2.45, 2.75) is 32.5 Å². The van der Waals surface area contributed by atoms with E-state index in [1.165, 1.54) is 12.1 Å². The molecule has 0 radical (unpaired) electrons. The highest BCUT2D eigenvalue weighted by Crippen LogP contribution is 2.23. The van der Waals surface area contributed by atoms with Crippen LogP contribution in [-0.4, -0.2) is 29.9 Å². The summed E-state index contributed by atoms with van der Waals surface area (Å²) in [6.45, 7) is 1.82. The van der Waals surface area contributed by atoms with E-state index in [-0.39, 0.29) is 13.0 Å². The number of carbonyl (C=O) groups is 2. The third kappa shape index (κ3) is 7.53. The molecule has 1 aromatic carbocycles. The zero-order valence-corrected chi connectivity index (χ0v) is 12.5. The summed E-state index contributed by atoms with van der Waals surface area (Å²) >= 11 is 0. The largest absolute Gasteiger partial charge is 0.573 e. The van der Waals surface area contributed by atoms with Crippen molar-refractivity contribution in [1.29, 1.82) is 0 Å². The molecule has 1 atom stereocenters. The third-order valence-corrected chi connectivity index (χ3v) is 3.03. The first-order valence-electron chi connectivity index (χ1n) is 7.05. The van der Waals surface area contributed by atoms with E-state index in [2.05, 4.69) is 10.1 Å². The average molecular weight is 333 g/mol. The minimum atomic E-state index is -4.80. The van der Waals surface area contributed by atoms with E-state index in [1.54, 1.807) is 0 Å². The number of benzene rings is 1. The van der Waals surface area contributed by atoms with E-state index >= 15 is 0 Å². The van der Waals surface area contributed by atoms with Crippen LogP contribution in [0.2, 0.25) is 0 Å². The van der Waals surface area contributed by atoms with Crippen molar-refractivity contribution in [1.82, 2.24) is 5.32 Å². The molecule has 0 aliphatic rings. The van der Waals surface area contributed by atoms with E-state index in [0.717, 1.165) is 12.1 Å². The Balaban J connectivity index is 2.57. The second kappa shape index (κ2) is 8.40. The van der Waals surface area contributed by atoms with Gasteiger partial charge in [-0.1, -0.05) is 25.5 Å². The van der Waals surface area contributed by atoms with Crippen LogP contribution in [-0.2, 0) is 16.0 Å². The maximum Gasteiger partial charge on any atom is 0.573 e. The normalized spacial score (nSPS) is 12.5. The Morgan fingerprint density at radius 2 is 2.04 bits per heavy atom. The standard InChI is InChI=1S/C15H18F3NO4/c1-2-4-11(14(21)22)9-19-13(20)8-10-5-3-6-12(7-10)23-15(16,17)18/h3,5-7,11H,2,4,8-9H2,1H3,(H,19,20)(H,21,22). The van der Waals surface area contributed by atoms with Gasteiger partial charge in [0.05, 0.1) is 12.3 Å². The van der Waals surface area contributed by atoms with Crippen molar-refractivity contribution >= 4 is 11.9 Å². The van der Waals surface area contributed by atoms with Crippen molar-refractivity contribution in [3.05, 3.63) is 29.8 Å². The van der Waals surface area contributed by atoms with E-state index in [0.29, 0.717) is 18.4 Å². The Morgan fingerprint density at radius 1 is 1.35 bits per heavy atom. The molecule has 1 rings (SSSR count). The molecule has 0 saturated heterocycles. The zero-order valence-electron chi connectivity index (χ0n) is 12.5. The maximum atomic E-state index is 12.1. The van der Waals surface area contributed by atoms with Gasteiger partial charge < -0.3 is 15.2 Å². The van der Waals surface area contributed by atoms with E-state index in [9.17, 15) is 22.8 Å². The third-order valence-electron chi connectivity index (χ3n) is 3.03. The number of amides is 1. The van der Waals surface area contributed by atoms with E-state index in [4.69, 9.17) is 5.11 Å². The summed E-state index contributed by atoms with van der Waals surface area (Å²) in [6, 6.07) is 5.09. The first-order valence-corrected chi connectivity index (χ1v) is 7.05.